The normalized spacial score (nSPS) is 20.2. The van der Waals surface area contributed by atoms with Gasteiger partial charge in [-0.25, -0.2) is 0 Å². The van der Waals surface area contributed by atoms with Crippen LogP contribution in [-0.4, -0.2) is 17.1 Å². The quantitative estimate of drug-likeness (QED) is 0.921. The lowest BCUT2D eigenvalue weighted by atomic mass is 10.0. The van der Waals surface area contributed by atoms with Gasteiger partial charge in [0.1, 0.15) is 0 Å². The van der Waals surface area contributed by atoms with E-state index in [1.165, 1.54) is 0 Å². The monoisotopic (exact) mass is 320 g/mol. The maximum absolute atomic E-state index is 12.5. The molecule has 2 aromatic rings. The molecule has 2 atom stereocenters. The number of hydrogen-bond donors (Lipinski definition) is 1. The van der Waals surface area contributed by atoms with E-state index in [0.717, 1.165) is 16.8 Å². The molecule has 3 nitrogen and oxygen atoms in total. The zero-order valence-corrected chi connectivity index (χ0v) is 12.4. The first-order chi connectivity index (χ1) is 10.9. The number of pyridine rings is 1. The minimum Gasteiger partial charge on any atom is -0.326 e. The van der Waals surface area contributed by atoms with Gasteiger partial charge >= 0.3 is 6.18 Å². The highest BCUT2D eigenvalue weighted by Gasteiger charge is 2.58. The summed E-state index contributed by atoms with van der Waals surface area (Å²) in [6, 6.07) is 10.7. The number of aromatic nitrogens is 1. The van der Waals surface area contributed by atoms with Gasteiger partial charge in [0, 0.05) is 17.4 Å². The van der Waals surface area contributed by atoms with Gasteiger partial charge in [-0.1, -0.05) is 12.1 Å². The third kappa shape index (κ3) is 3.36. The van der Waals surface area contributed by atoms with E-state index < -0.39 is 23.9 Å². The Morgan fingerprint density at radius 1 is 1.26 bits per heavy atom. The second kappa shape index (κ2) is 5.68. The molecule has 1 fully saturated rings. The van der Waals surface area contributed by atoms with E-state index in [2.05, 4.69) is 10.3 Å². The topological polar surface area (TPSA) is 42.0 Å². The third-order valence-corrected chi connectivity index (χ3v) is 3.99. The standard InChI is InChI=1S/C17H15F3N2O/c1-10-5-6-11(8-12(10)15-4-2-3-7-21-15)22-16(23)13-9-14(13)17(18,19)20/h2-8,13-14H,9H2,1H3,(H,22,23)/t13-,14+/m1/s1. The molecule has 1 saturated carbocycles. The number of amides is 1. The molecule has 0 bridgehead atoms. The summed E-state index contributed by atoms with van der Waals surface area (Å²) in [5, 5.41) is 2.58. The largest absolute Gasteiger partial charge is 0.392 e. The number of rotatable bonds is 3. The Labute approximate surface area is 131 Å². The van der Waals surface area contributed by atoms with Gasteiger partial charge in [0.15, 0.2) is 0 Å². The minimum absolute atomic E-state index is 0.131. The molecule has 0 radical (unpaired) electrons. The molecule has 1 N–H and O–H groups in total. The first-order valence-corrected chi connectivity index (χ1v) is 7.26. The number of carbonyl (C=O) groups is 1. The second-order valence-corrected chi connectivity index (χ2v) is 5.72. The molecule has 1 aliphatic rings. The number of carbonyl (C=O) groups excluding carboxylic acids is 1. The van der Waals surface area contributed by atoms with Crippen LogP contribution in [0.3, 0.4) is 0 Å². The molecule has 6 heteroatoms. The molecule has 0 unspecified atom stereocenters. The molecule has 1 amide bonds. The SMILES string of the molecule is Cc1ccc(NC(=O)[C@@H]2C[C@@H]2C(F)(F)F)cc1-c1ccccn1. The van der Waals surface area contributed by atoms with Gasteiger partial charge in [-0.2, -0.15) is 13.2 Å². The lowest BCUT2D eigenvalue weighted by Gasteiger charge is -2.10. The van der Waals surface area contributed by atoms with Crippen LogP contribution in [0, 0.1) is 18.8 Å². The lowest BCUT2D eigenvalue weighted by molar-refractivity contribution is -0.153. The Hall–Kier alpha value is -2.37. The molecule has 0 aliphatic heterocycles. The van der Waals surface area contributed by atoms with Crippen molar-refractivity contribution in [2.75, 3.05) is 5.32 Å². The summed E-state index contributed by atoms with van der Waals surface area (Å²) < 4.78 is 37.6. The highest BCUT2D eigenvalue weighted by atomic mass is 19.4. The van der Waals surface area contributed by atoms with Crippen LogP contribution in [0.2, 0.25) is 0 Å². The van der Waals surface area contributed by atoms with Crippen LogP contribution in [0.4, 0.5) is 18.9 Å². The maximum atomic E-state index is 12.5. The molecule has 1 aromatic heterocycles. The van der Waals surface area contributed by atoms with Gasteiger partial charge in [0.05, 0.1) is 17.5 Å². The Morgan fingerprint density at radius 2 is 2.04 bits per heavy atom. The van der Waals surface area contributed by atoms with Crippen LogP contribution in [0.1, 0.15) is 12.0 Å². The van der Waals surface area contributed by atoms with Gasteiger partial charge in [0.2, 0.25) is 5.91 Å². The fourth-order valence-electron chi connectivity index (χ4n) is 2.58. The number of halogens is 3. The minimum atomic E-state index is -4.30. The van der Waals surface area contributed by atoms with Crippen molar-refractivity contribution in [2.45, 2.75) is 19.5 Å². The molecule has 1 heterocycles. The Morgan fingerprint density at radius 3 is 2.65 bits per heavy atom. The number of aryl methyl sites for hydroxylation is 1. The molecule has 0 spiro atoms. The number of nitrogens with zero attached hydrogens (tertiary/aromatic N) is 1. The molecule has 23 heavy (non-hydrogen) atoms. The molecule has 0 saturated heterocycles. The zero-order valence-electron chi connectivity index (χ0n) is 12.4. The van der Waals surface area contributed by atoms with Crippen molar-refractivity contribution in [3.63, 3.8) is 0 Å². The lowest BCUT2D eigenvalue weighted by Crippen LogP contribution is -2.20. The van der Waals surface area contributed by atoms with Crippen molar-refractivity contribution in [3.8, 4) is 11.3 Å². The molecular formula is C17H15F3N2O. The summed E-state index contributed by atoms with van der Waals surface area (Å²) in [5.41, 5.74) is 3.04. The van der Waals surface area contributed by atoms with Crippen LogP contribution in [0.5, 0.6) is 0 Å². The van der Waals surface area contributed by atoms with E-state index in [9.17, 15) is 18.0 Å². The van der Waals surface area contributed by atoms with Crippen LogP contribution >= 0.6 is 0 Å². The van der Waals surface area contributed by atoms with E-state index in [1.807, 2.05) is 25.1 Å². The van der Waals surface area contributed by atoms with Gasteiger partial charge in [-0.15, -0.1) is 0 Å². The van der Waals surface area contributed by atoms with Crippen molar-refractivity contribution < 1.29 is 18.0 Å². The highest BCUT2D eigenvalue weighted by molar-refractivity contribution is 5.95. The summed E-state index contributed by atoms with van der Waals surface area (Å²) in [4.78, 5) is 16.2. The van der Waals surface area contributed by atoms with Crippen LogP contribution in [0.15, 0.2) is 42.6 Å². The number of benzene rings is 1. The molecular weight excluding hydrogens is 305 g/mol. The summed E-state index contributed by atoms with van der Waals surface area (Å²) in [6.07, 6.45) is -2.76. The Bertz CT molecular complexity index is 728. The number of nitrogens with one attached hydrogen (secondary N) is 1. The van der Waals surface area contributed by atoms with Crippen molar-refractivity contribution in [1.82, 2.24) is 4.98 Å². The maximum Gasteiger partial charge on any atom is 0.392 e. The summed E-state index contributed by atoms with van der Waals surface area (Å²) in [5.74, 6) is -3.07. The molecule has 1 aliphatic carbocycles. The van der Waals surface area contributed by atoms with Gasteiger partial charge in [-0.05, 0) is 43.2 Å². The summed E-state index contributed by atoms with van der Waals surface area (Å²) in [6.45, 7) is 1.91. The number of hydrogen-bond acceptors (Lipinski definition) is 2. The highest BCUT2D eigenvalue weighted by Crippen LogP contribution is 2.50. The van der Waals surface area contributed by atoms with Crippen LogP contribution < -0.4 is 5.32 Å². The summed E-state index contributed by atoms with van der Waals surface area (Å²) in [7, 11) is 0. The van der Waals surface area contributed by atoms with Crippen LogP contribution in [-0.2, 0) is 4.79 Å². The van der Waals surface area contributed by atoms with E-state index in [0.29, 0.717) is 5.69 Å². The smallest absolute Gasteiger partial charge is 0.326 e. The Balaban J connectivity index is 1.76. The second-order valence-electron chi connectivity index (χ2n) is 5.72. The predicted octanol–water partition coefficient (Wildman–Crippen LogP) is 4.19. The number of anilines is 1. The van der Waals surface area contributed by atoms with Crippen molar-refractivity contribution in [2.24, 2.45) is 11.8 Å². The van der Waals surface area contributed by atoms with Gasteiger partial charge < -0.3 is 5.32 Å². The molecule has 1 aromatic carbocycles. The van der Waals surface area contributed by atoms with Crippen LogP contribution in [0.25, 0.3) is 11.3 Å². The van der Waals surface area contributed by atoms with E-state index in [4.69, 9.17) is 0 Å². The van der Waals surface area contributed by atoms with E-state index in [1.54, 1.807) is 24.4 Å². The van der Waals surface area contributed by atoms with Crippen molar-refractivity contribution in [3.05, 3.63) is 48.2 Å². The molecule has 120 valence electrons. The van der Waals surface area contributed by atoms with Crippen molar-refractivity contribution in [1.29, 1.82) is 0 Å². The van der Waals surface area contributed by atoms with Crippen molar-refractivity contribution >= 4 is 11.6 Å². The van der Waals surface area contributed by atoms with E-state index in [-0.39, 0.29) is 6.42 Å². The first-order valence-electron chi connectivity index (χ1n) is 7.26. The average Bonchev–Trinajstić information content (AvgIpc) is 3.31. The zero-order chi connectivity index (χ0) is 16.6. The third-order valence-electron chi connectivity index (χ3n) is 3.99. The van der Waals surface area contributed by atoms with E-state index >= 15 is 0 Å². The van der Waals surface area contributed by atoms with Gasteiger partial charge in [0.25, 0.3) is 0 Å². The molecule has 3 rings (SSSR count). The number of alkyl halides is 3. The Kier molecular flexibility index (Phi) is 3.83. The fraction of sp³-hybridized carbons (Fsp3) is 0.294. The average molecular weight is 320 g/mol. The predicted molar refractivity (Wildman–Crippen MR) is 80.7 cm³/mol. The fourth-order valence-corrected chi connectivity index (χ4v) is 2.58. The first kappa shape index (κ1) is 15.5. The van der Waals surface area contributed by atoms with Gasteiger partial charge in [-0.3, -0.25) is 9.78 Å². The summed E-state index contributed by atoms with van der Waals surface area (Å²) >= 11 is 0.